The fourth-order valence-electron chi connectivity index (χ4n) is 2.58. The number of carbonyl (C=O) groups excluding carboxylic acids is 1. The van der Waals surface area contributed by atoms with E-state index in [1.807, 2.05) is 37.8 Å². The highest BCUT2D eigenvalue weighted by molar-refractivity contribution is 5.88. The van der Waals surface area contributed by atoms with Crippen molar-refractivity contribution >= 4 is 5.91 Å². The predicted octanol–water partition coefficient (Wildman–Crippen LogP) is 2.70. The number of nitrogens with zero attached hydrogens (tertiary/aromatic N) is 2. The number of ether oxygens (including phenoxy) is 1. The van der Waals surface area contributed by atoms with Crippen molar-refractivity contribution in [3.8, 4) is 5.75 Å². The first-order valence-electron chi connectivity index (χ1n) is 7.96. The van der Waals surface area contributed by atoms with Crippen LogP contribution in [0.5, 0.6) is 5.75 Å². The van der Waals surface area contributed by atoms with E-state index in [4.69, 9.17) is 4.74 Å². The van der Waals surface area contributed by atoms with Gasteiger partial charge < -0.3 is 9.64 Å². The largest absolute Gasteiger partial charge is 0.494 e. The first-order chi connectivity index (χ1) is 10.6. The topological polar surface area (TPSA) is 32.8 Å². The van der Waals surface area contributed by atoms with E-state index in [0.717, 1.165) is 44.0 Å². The van der Waals surface area contributed by atoms with Crippen molar-refractivity contribution in [2.24, 2.45) is 0 Å². The van der Waals surface area contributed by atoms with Crippen molar-refractivity contribution in [1.29, 1.82) is 0 Å². The fourth-order valence-corrected chi connectivity index (χ4v) is 2.58. The van der Waals surface area contributed by atoms with Crippen LogP contribution in [0, 0.1) is 0 Å². The number of piperazine rings is 1. The summed E-state index contributed by atoms with van der Waals surface area (Å²) in [6.07, 6.45) is 1.72. The predicted molar refractivity (Wildman–Crippen MR) is 88.9 cm³/mol. The Hall–Kier alpha value is -1.81. The molecule has 4 nitrogen and oxygen atoms in total. The molecule has 0 spiro atoms. The Labute approximate surface area is 133 Å². The zero-order chi connectivity index (χ0) is 15.9. The highest BCUT2D eigenvalue weighted by atomic mass is 16.5. The number of rotatable bonds is 5. The molecule has 1 heterocycles. The molecule has 120 valence electrons. The van der Waals surface area contributed by atoms with E-state index in [1.54, 1.807) is 6.08 Å². The lowest BCUT2D eigenvalue weighted by Crippen LogP contribution is -2.47. The molecule has 4 heteroatoms. The van der Waals surface area contributed by atoms with E-state index < -0.39 is 0 Å². The minimum atomic E-state index is 0.140. The molecule has 1 amide bonds. The van der Waals surface area contributed by atoms with Gasteiger partial charge in [0.15, 0.2) is 0 Å². The van der Waals surface area contributed by atoms with E-state index in [1.165, 1.54) is 5.56 Å². The Morgan fingerprint density at radius 2 is 1.77 bits per heavy atom. The van der Waals surface area contributed by atoms with E-state index >= 15 is 0 Å². The van der Waals surface area contributed by atoms with Crippen LogP contribution in [0.3, 0.4) is 0 Å². The van der Waals surface area contributed by atoms with Crippen LogP contribution in [0.4, 0.5) is 0 Å². The summed E-state index contributed by atoms with van der Waals surface area (Å²) in [5, 5.41) is 0. The van der Waals surface area contributed by atoms with Crippen molar-refractivity contribution in [3.05, 3.63) is 41.5 Å². The molecule has 0 bridgehead atoms. The SMILES string of the molecule is CCOc1ccc(CN2CCN(C(=O)C=C(C)C)CC2)cc1. The average molecular weight is 302 g/mol. The van der Waals surface area contributed by atoms with Gasteiger partial charge in [-0.05, 0) is 38.5 Å². The maximum absolute atomic E-state index is 12.0. The van der Waals surface area contributed by atoms with E-state index in [0.29, 0.717) is 6.61 Å². The van der Waals surface area contributed by atoms with Crippen LogP contribution in [0.15, 0.2) is 35.9 Å². The van der Waals surface area contributed by atoms with E-state index in [-0.39, 0.29) is 5.91 Å². The lowest BCUT2D eigenvalue weighted by atomic mass is 10.2. The van der Waals surface area contributed by atoms with Gasteiger partial charge in [0, 0.05) is 38.8 Å². The van der Waals surface area contributed by atoms with Gasteiger partial charge in [0.05, 0.1) is 6.61 Å². The van der Waals surface area contributed by atoms with Crippen LogP contribution in [-0.2, 0) is 11.3 Å². The van der Waals surface area contributed by atoms with Gasteiger partial charge in [0.1, 0.15) is 5.75 Å². The molecule has 0 aromatic heterocycles. The van der Waals surface area contributed by atoms with Gasteiger partial charge >= 0.3 is 0 Å². The van der Waals surface area contributed by atoms with Crippen LogP contribution in [0.2, 0.25) is 0 Å². The Morgan fingerprint density at radius 1 is 1.14 bits per heavy atom. The van der Waals surface area contributed by atoms with Gasteiger partial charge in [0.25, 0.3) is 0 Å². The molecule has 2 rings (SSSR count). The maximum atomic E-state index is 12.0. The molecule has 1 saturated heterocycles. The molecule has 1 aromatic rings. The number of hydrogen-bond donors (Lipinski definition) is 0. The Balaban J connectivity index is 1.82. The van der Waals surface area contributed by atoms with Crippen LogP contribution < -0.4 is 4.74 Å². The Morgan fingerprint density at radius 3 is 2.32 bits per heavy atom. The zero-order valence-electron chi connectivity index (χ0n) is 13.8. The highest BCUT2D eigenvalue weighted by Gasteiger charge is 2.19. The fraction of sp³-hybridized carbons (Fsp3) is 0.500. The third kappa shape index (κ3) is 4.88. The minimum Gasteiger partial charge on any atom is -0.494 e. The van der Waals surface area contributed by atoms with Crippen molar-refractivity contribution < 1.29 is 9.53 Å². The number of benzene rings is 1. The van der Waals surface area contributed by atoms with Crippen LogP contribution >= 0.6 is 0 Å². The van der Waals surface area contributed by atoms with E-state index in [9.17, 15) is 4.79 Å². The van der Waals surface area contributed by atoms with Gasteiger partial charge in [-0.3, -0.25) is 9.69 Å². The van der Waals surface area contributed by atoms with Gasteiger partial charge in [-0.25, -0.2) is 0 Å². The Bertz CT molecular complexity index is 510. The van der Waals surface area contributed by atoms with Crippen molar-refractivity contribution in [1.82, 2.24) is 9.80 Å². The summed E-state index contributed by atoms with van der Waals surface area (Å²) >= 11 is 0. The second-order valence-electron chi connectivity index (χ2n) is 5.90. The van der Waals surface area contributed by atoms with Gasteiger partial charge in [-0.2, -0.15) is 0 Å². The maximum Gasteiger partial charge on any atom is 0.246 e. The summed E-state index contributed by atoms with van der Waals surface area (Å²) in [6.45, 7) is 11.0. The normalized spacial score (nSPS) is 15.5. The lowest BCUT2D eigenvalue weighted by molar-refractivity contribution is -0.127. The minimum absolute atomic E-state index is 0.140. The quantitative estimate of drug-likeness (QED) is 0.784. The summed E-state index contributed by atoms with van der Waals surface area (Å²) in [5.41, 5.74) is 2.34. The average Bonchev–Trinajstić information content (AvgIpc) is 2.49. The standard InChI is InChI=1S/C18H26N2O2/c1-4-22-17-7-5-16(6-8-17)14-19-9-11-20(12-10-19)18(21)13-15(2)3/h5-8,13H,4,9-12,14H2,1-3H3. The van der Waals surface area contributed by atoms with Crippen LogP contribution in [-0.4, -0.2) is 48.5 Å². The second-order valence-corrected chi connectivity index (χ2v) is 5.90. The van der Waals surface area contributed by atoms with E-state index in [2.05, 4.69) is 17.0 Å². The van der Waals surface area contributed by atoms with Crippen molar-refractivity contribution in [3.63, 3.8) is 0 Å². The summed E-state index contributed by atoms with van der Waals surface area (Å²) < 4.78 is 5.46. The van der Waals surface area contributed by atoms with Crippen molar-refractivity contribution in [2.45, 2.75) is 27.3 Å². The van der Waals surface area contributed by atoms with Crippen molar-refractivity contribution in [2.75, 3.05) is 32.8 Å². The molecule has 0 radical (unpaired) electrons. The second kappa shape index (κ2) is 7.99. The van der Waals surface area contributed by atoms with Crippen LogP contribution in [0.1, 0.15) is 26.3 Å². The lowest BCUT2D eigenvalue weighted by Gasteiger charge is -2.34. The third-order valence-corrected chi connectivity index (χ3v) is 3.74. The molecule has 0 atom stereocenters. The summed E-state index contributed by atoms with van der Waals surface area (Å²) in [5.74, 6) is 1.06. The first kappa shape index (κ1) is 16.6. The van der Waals surface area contributed by atoms with Gasteiger partial charge in [-0.1, -0.05) is 17.7 Å². The molecule has 0 aliphatic carbocycles. The third-order valence-electron chi connectivity index (χ3n) is 3.74. The zero-order valence-corrected chi connectivity index (χ0v) is 13.8. The molecule has 1 fully saturated rings. The molecule has 22 heavy (non-hydrogen) atoms. The number of carbonyl (C=O) groups is 1. The number of hydrogen-bond acceptors (Lipinski definition) is 3. The highest BCUT2D eigenvalue weighted by Crippen LogP contribution is 2.14. The molecule has 0 saturated carbocycles. The molecule has 0 unspecified atom stereocenters. The molecular weight excluding hydrogens is 276 g/mol. The van der Waals surface area contributed by atoms with Gasteiger partial charge in [-0.15, -0.1) is 0 Å². The molecule has 0 N–H and O–H groups in total. The Kier molecular flexibility index (Phi) is 6.01. The molecule has 1 aliphatic heterocycles. The molecule has 1 aromatic carbocycles. The molecule has 1 aliphatic rings. The smallest absolute Gasteiger partial charge is 0.246 e. The summed E-state index contributed by atoms with van der Waals surface area (Å²) in [6, 6.07) is 8.28. The monoisotopic (exact) mass is 302 g/mol. The van der Waals surface area contributed by atoms with Crippen LogP contribution in [0.25, 0.3) is 0 Å². The first-order valence-corrected chi connectivity index (χ1v) is 7.96. The van der Waals surface area contributed by atoms with Gasteiger partial charge in [0.2, 0.25) is 5.91 Å². The number of amides is 1. The summed E-state index contributed by atoms with van der Waals surface area (Å²) in [4.78, 5) is 16.3. The molecular formula is C18H26N2O2. The number of allylic oxidation sites excluding steroid dienone is 1. The summed E-state index contributed by atoms with van der Waals surface area (Å²) in [7, 11) is 0.